The van der Waals surface area contributed by atoms with Crippen LogP contribution < -0.4 is 5.32 Å². The molecule has 2 aromatic carbocycles. The van der Waals surface area contributed by atoms with E-state index in [1.165, 1.54) is 11.6 Å². The second kappa shape index (κ2) is 5.85. The number of rotatable bonds is 3. The van der Waals surface area contributed by atoms with Crippen LogP contribution >= 0.6 is 31.9 Å². The summed E-state index contributed by atoms with van der Waals surface area (Å²) in [6, 6.07) is 11.2. The van der Waals surface area contributed by atoms with Crippen LogP contribution in [0.3, 0.4) is 0 Å². The number of hydrogen-bond donors (Lipinski definition) is 1. The van der Waals surface area contributed by atoms with E-state index in [0.29, 0.717) is 11.0 Å². The fraction of sp³-hybridized carbons (Fsp3) is 0.143. The lowest BCUT2D eigenvalue weighted by atomic mass is 10.1. The highest BCUT2D eigenvalue weighted by atomic mass is 79.9. The molecule has 0 atom stereocenters. The van der Waals surface area contributed by atoms with Crippen molar-refractivity contribution in [1.82, 2.24) is 0 Å². The van der Waals surface area contributed by atoms with Crippen molar-refractivity contribution in [3.63, 3.8) is 0 Å². The van der Waals surface area contributed by atoms with Crippen LogP contribution in [0.15, 0.2) is 45.3 Å². The van der Waals surface area contributed by atoms with Gasteiger partial charge in [0.2, 0.25) is 0 Å². The summed E-state index contributed by atoms with van der Waals surface area (Å²) < 4.78 is 14.9. The van der Waals surface area contributed by atoms with E-state index in [4.69, 9.17) is 0 Å². The van der Waals surface area contributed by atoms with Gasteiger partial charge in [0.25, 0.3) is 0 Å². The second-order valence-electron chi connectivity index (χ2n) is 4.07. The van der Waals surface area contributed by atoms with Crippen LogP contribution in [0.1, 0.15) is 11.1 Å². The molecule has 1 nitrogen and oxygen atoms in total. The Bertz CT molecular complexity index is 518. The average Bonchev–Trinajstić information content (AvgIpc) is 2.35. The molecule has 0 aliphatic rings. The minimum Gasteiger partial charge on any atom is -0.381 e. The largest absolute Gasteiger partial charge is 0.381 e. The van der Waals surface area contributed by atoms with Gasteiger partial charge in [0.05, 0.1) is 4.47 Å². The van der Waals surface area contributed by atoms with Crippen LogP contribution in [0.2, 0.25) is 0 Å². The van der Waals surface area contributed by atoms with Crippen LogP contribution in [0.5, 0.6) is 0 Å². The summed E-state index contributed by atoms with van der Waals surface area (Å²) in [5.74, 6) is -0.259. The molecule has 0 spiro atoms. The maximum atomic E-state index is 13.3. The Hall–Kier alpha value is -0.870. The predicted octanol–water partition coefficient (Wildman–Crippen LogP) is 5.27. The molecule has 0 aliphatic heterocycles. The van der Waals surface area contributed by atoms with E-state index in [9.17, 15) is 4.39 Å². The van der Waals surface area contributed by atoms with Crippen molar-refractivity contribution in [3.8, 4) is 0 Å². The summed E-state index contributed by atoms with van der Waals surface area (Å²) >= 11 is 6.63. The maximum absolute atomic E-state index is 13.3. The van der Waals surface area contributed by atoms with Gasteiger partial charge >= 0.3 is 0 Å². The van der Waals surface area contributed by atoms with Gasteiger partial charge in [0.1, 0.15) is 5.82 Å². The molecule has 0 radical (unpaired) electrons. The highest BCUT2D eigenvalue weighted by Crippen LogP contribution is 2.21. The number of hydrogen-bond acceptors (Lipinski definition) is 1. The maximum Gasteiger partial charge on any atom is 0.139 e. The molecule has 0 unspecified atom stereocenters. The van der Waals surface area contributed by atoms with Crippen LogP contribution in [0.25, 0.3) is 0 Å². The molecule has 1 N–H and O–H groups in total. The van der Waals surface area contributed by atoms with Gasteiger partial charge in [-0.15, -0.1) is 0 Å². The first-order chi connectivity index (χ1) is 8.56. The Morgan fingerprint density at radius 2 is 1.83 bits per heavy atom. The topological polar surface area (TPSA) is 12.0 Å². The summed E-state index contributed by atoms with van der Waals surface area (Å²) in [5, 5.41) is 3.19. The second-order valence-corrected chi connectivity index (χ2v) is 5.77. The van der Waals surface area contributed by atoms with Gasteiger partial charge in [-0.05, 0) is 58.2 Å². The first kappa shape index (κ1) is 13.6. The van der Waals surface area contributed by atoms with Crippen molar-refractivity contribution in [2.24, 2.45) is 0 Å². The first-order valence-electron chi connectivity index (χ1n) is 5.50. The Labute approximate surface area is 123 Å². The number of aryl methyl sites for hydroxylation is 1. The van der Waals surface area contributed by atoms with Crippen molar-refractivity contribution >= 4 is 37.5 Å². The Morgan fingerprint density at radius 3 is 2.50 bits per heavy atom. The molecular formula is C14H12Br2FN. The lowest BCUT2D eigenvalue weighted by Gasteiger charge is -2.08. The van der Waals surface area contributed by atoms with E-state index in [2.05, 4.69) is 55.4 Å². The summed E-state index contributed by atoms with van der Waals surface area (Å²) in [7, 11) is 0. The SMILES string of the molecule is Cc1ccc(CNc2ccc(Br)c(F)c2)cc1Br. The van der Waals surface area contributed by atoms with E-state index in [-0.39, 0.29) is 5.82 Å². The Balaban J connectivity index is 2.06. The van der Waals surface area contributed by atoms with Crippen molar-refractivity contribution in [2.75, 3.05) is 5.32 Å². The van der Waals surface area contributed by atoms with E-state index in [0.717, 1.165) is 15.7 Å². The lowest BCUT2D eigenvalue weighted by molar-refractivity contribution is 0.621. The molecular weight excluding hydrogens is 361 g/mol. The van der Waals surface area contributed by atoms with Crippen molar-refractivity contribution in [1.29, 1.82) is 0 Å². The van der Waals surface area contributed by atoms with E-state index in [1.807, 2.05) is 13.0 Å². The van der Waals surface area contributed by atoms with Crippen molar-refractivity contribution in [2.45, 2.75) is 13.5 Å². The minimum atomic E-state index is -0.259. The molecule has 94 valence electrons. The molecule has 0 fully saturated rings. The normalized spacial score (nSPS) is 10.4. The third-order valence-corrected chi connectivity index (χ3v) is 4.15. The summed E-state index contributed by atoms with van der Waals surface area (Å²) in [4.78, 5) is 0. The number of halogens is 3. The zero-order valence-corrected chi connectivity index (χ0v) is 13.0. The number of nitrogens with one attached hydrogen (secondary N) is 1. The standard InChI is InChI=1S/C14H12Br2FN/c1-9-2-3-10(6-13(9)16)8-18-11-4-5-12(15)14(17)7-11/h2-7,18H,8H2,1H3. The van der Waals surface area contributed by atoms with E-state index >= 15 is 0 Å². The fourth-order valence-corrected chi connectivity index (χ4v) is 2.23. The molecule has 2 aromatic rings. The Morgan fingerprint density at radius 1 is 1.06 bits per heavy atom. The molecule has 0 saturated heterocycles. The molecule has 0 bridgehead atoms. The van der Waals surface area contributed by atoms with Gasteiger partial charge < -0.3 is 5.32 Å². The zero-order chi connectivity index (χ0) is 13.1. The highest BCUT2D eigenvalue weighted by molar-refractivity contribution is 9.10. The predicted molar refractivity (Wildman–Crippen MR) is 80.3 cm³/mol. The fourth-order valence-electron chi connectivity index (χ4n) is 1.56. The average molecular weight is 373 g/mol. The molecule has 18 heavy (non-hydrogen) atoms. The van der Waals surface area contributed by atoms with Crippen molar-refractivity contribution < 1.29 is 4.39 Å². The van der Waals surface area contributed by atoms with Crippen LogP contribution in [0.4, 0.5) is 10.1 Å². The quantitative estimate of drug-likeness (QED) is 0.773. The smallest absolute Gasteiger partial charge is 0.139 e. The summed E-state index contributed by atoms with van der Waals surface area (Å²) in [5.41, 5.74) is 3.12. The minimum absolute atomic E-state index is 0.259. The van der Waals surface area contributed by atoms with Gasteiger partial charge in [-0.3, -0.25) is 0 Å². The van der Waals surface area contributed by atoms with Crippen LogP contribution in [0, 0.1) is 12.7 Å². The van der Waals surface area contributed by atoms with Gasteiger partial charge in [0.15, 0.2) is 0 Å². The van der Waals surface area contributed by atoms with Gasteiger partial charge in [-0.1, -0.05) is 28.1 Å². The lowest BCUT2D eigenvalue weighted by Crippen LogP contribution is -2.00. The molecule has 0 heterocycles. The van der Waals surface area contributed by atoms with Gasteiger partial charge in [-0.2, -0.15) is 0 Å². The molecule has 4 heteroatoms. The summed E-state index contributed by atoms with van der Waals surface area (Å²) in [6.45, 7) is 2.71. The van der Waals surface area contributed by atoms with Gasteiger partial charge in [0, 0.05) is 16.7 Å². The molecule has 0 amide bonds. The molecule has 0 aliphatic carbocycles. The highest BCUT2D eigenvalue weighted by Gasteiger charge is 2.01. The molecule has 2 rings (SSSR count). The monoisotopic (exact) mass is 371 g/mol. The van der Waals surface area contributed by atoms with Gasteiger partial charge in [-0.25, -0.2) is 4.39 Å². The third-order valence-electron chi connectivity index (χ3n) is 2.65. The van der Waals surface area contributed by atoms with E-state index in [1.54, 1.807) is 6.07 Å². The molecule has 0 aromatic heterocycles. The van der Waals surface area contributed by atoms with E-state index < -0.39 is 0 Å². The number of benzene rings is 2. The Kier molecular flexibility index (Phi) is 4.40. The van der Waals surface area contributed by atoms with Crippen LogP contribution in [-0.4, -0.2) is 0 Å². The first-order valence-corrected chi connectivity index (χ1v) is 7.09. The molecule has 0 saturated carbocycles. The van der Waals surface area contributed by atoms with Crippen LogP contribution in [-0.2, 0) is 6.54 Å². The number of anilines is 1. The third kappa shape index (κ3) is 3.33. The summed E-state index contributed by atoms with van der Waals surface area (Å²) in [6.07, 6.45) is 0. The zero-order valence-electron chi connectivity index (χ0n) is 9.81. The van der Waals surface area contributed by atoms with Crippen molar-refractivity contribution in [3.05, 3.63) is 62.3 Å².